The van der Waals surface area contributed by atoms with Gasteiger partial charge in [-0.05, 0) is 31.2 Å². The first kappa shape index (κ1) is 17.6. The second kappa shape index (κ2) is 6.57. The molecule has 0 saturated heterocycles. The summed E-state index contributed by atoms with van der Waals surface area (Å²) in [5.41, 5.74) is 0. The summed E-state index contributed by atoms with van der Waals surface area (Å²) in [7, 11) is -7.06. The summed E-state index contributed by atoms with van der Waals surface area (Å²) < 4.78 is 51.7. The summed E-state index contributed by atoms with van der Waals surface area (Å²) in [6.07, 6.45) is 1.04. The Labute approximate surface area is 125 Å². The van der Waals surface area contributed by atoms with E-state index in [4.69, 9.17) is 4.74 Å². The number of carbonyl (C=O) groups excluding carboxylic acids is 1. The molecule has 8 heteroatoms. The van der Waals surface area contributed by atoms with Gasteiger partial charge in [-0.3, -0.25) is 4.79 Å². The van der Waals surface area contributed by atoms with Crippen LogP contribution in [0, 0.1) is 5.92 Å². The van der Waals surface area contributed by atoms with Gasteiger partial charge in [0.15, 0.2) is 19.7 Å². The smallest absolute Gasteiger partial charge is 0.309 e. The molecule has 0 amide bonds. The summed E-state index contributed by atoms with van der Waals surface area (Å²) in [6.45, 7) is 3.30. The first-order valence-corrected chi connectivity index (χ1v) is 9.82. The van der Waals surface area contributed by atoms with Crippen molar-refractivity contribution in [2.75, 3.05) is 18.6 Å². The fourth-order valence-corrected chi connectivity index (χ4v) is 3.84. The molecule has 1 aromatic rings. The second-order valence-corrected chi connectivity index (χ2v) is 8.73. The van der Waals surface area contributed by atoms with Gasteiger partial charge in [-0.1, -0.05) is 6.92 Å². The molecule has 6 nitrogen and oxygen atoms in total. The molecule has 118 valence electrons. The van der Waals surface area contributed by atoms with Gasteiger partial charge in [0, 0.05) is 6.26 Å². The van der Waals surface area contributed by atoms with Gasteiger partial charge in [0.25, 0.3) is 0 Å². The van der Waals surface area contributed by atoms with E-state index in [2.05, 4.69) is 0 Å². The van der Waals surface area contributed by atoms with Gasteiger partial charge in [-0.2, -0.15) is 0 Å². The SMILES string of the molecule is CCOC(=O)C(C)CS(=O)(=O)c1ccc(S(C)(=O)=O)cc1. The van der Waals surface area contributed by atoms with Crippen LogP contribution in [0.15, 0.2) is 34.1 Å². The number of ether oxygens (including phenoxy) is 1. The molecule has 0 radical (unpaired) electrons. The molecule has 1 rings (SSSR count). The monoisotopic (exact) mass is 334 g/mol. The highest BCUT2D eigenvalue weighted by Gasteiger charge is 2.24. The Morgan fingerprint density at radius 1 is 1.10 bits per heavy atom. The van der Waals surface area contributed by atoms with Gasteiger partial charge in [0.05, 0.1) is 28.1 Å². The number of hydrogen-bond donors (Lipinski definition) is 0. The number of rotatable bonds is 6. The number of benzene rings is 1. The molecule has 21 heavy (non-hydrogen) atoms. The zero-order valence-corrected chi connectivity index (χ0v) is 13.7. The molecule has 0 aliphatic carbocycles. The summed E-state index contributed by atoms with van der Waals surface area (Å²) in [6, 6.07) is 4.92. The predicted octanol–water partition coefficient (Wildman–Crippen LogP) is 1.06. The molecule has 1 atom stereocenters. The highest BCUT2D eigenvalue weighted by atomic mass is 32.2. The molecule has 0 N–H and O–H groups in total. The number of esters is 1. The molecule has 1 aromatic carbocycles. The Morgan fingerprint density at radius 2 is 1.57 bits per heavy atom. The van der Waals surface area contributed by atoms with Crippen LogP contribution in [0.5, 0.6) is 0 Å². The normalized spacial score (nSPS) is 13.7. The third-order valence-corrected chi connectivity index (χ3v) is 5.83. The Hall–Kier alpha value is -1.41. The first-order chi connectivity index (χ1) is 9.58. The molecule has 1 unspecified atom stereocenters. The Morgan fingerprint density at radius 3 is 2.00 bits per heavy atom. The quantitative estimate of drug-likeness (QED) is 0.722. The molecule has 0 heterocycles. The van der Waals surface area contributed by atoms with Crippen molar-refractivity contribution in [2.24, 2.45) is 5.92 Å². The van der Waals surface area contributed by atoms with Crippen LogP contribution >= 0.6 is 0 Å². The van der Waals surface area contributed by atoms with Crippen molar-refractivity contribution in [3.63, 3.8) is 0 Å². The van der Waals surface area contributed by atoms with Crippen LogP contribution in [0.2, 0.25) is 0 Å². The Kier molecular flexibility index (Phi) is 5.52. The zero-order chi connectivity index (χ0) is 16.3. The molecule has 0 aliphatic heterocycles. The van der Waals surface area contributed by atoms with E-state index in [1.54, 1.807) is 6.92 Å². The van der Waals surface area contributed by atoms with Crippen molar-refractivity contribution in [3.8, 4) is 0 Å². The zero-order valence-electron chi connectivity index (χ0n) is 12.1. The lowest BCUT2D eigenvalue weighted by Crippen LogP contribution is -2.23. The summed E-state index contributed by atoms with van der Waals surface area (Å²) >= 11 is 0. The molecule has 0 aliphatic rings. The van der Waals surface area contributed by atoms with Gasteiger partial charge >= 0.3 is 5.97 Å². The fourth-order valence-electron chi connectivity index (χ4n) is 1.67. The summed E-state index contributed by atoms with van der Waals surface area (Å²) in [4.78, 5) is 11.5. The van der Waals surface area contributed by atoms with Crippen LogP contribution in [0.4, 0.5) is 0 Å². The molecule has 0 saturated carbocycles. The molecular formula is C13H18O6S2. The lowest BCUT2D eigenvalue weighted by atomic mass is 10.2. The molecule has 0 aromatic heterocycles. The van der Waals surface area contributed by atoms with Gasteiger partial charge in [0.1, 0.15) is 0 Å². The predicted molar refractivity (Wildman–Crippen MR) is 77.4 cm³/mol. The highest BCUT2D eigenvalue weighted by Crippen LogP contribution is 2.18. The number of hydrogen-bond acceptors (Lipinski definition) is 6. The lowest BCUT2D eigenvalue weighted by Gasteiger charge is -2.11. The van der Waals surface area contributed by atoms with Crippen molar-refractivity contribution in [1.29, 1.82) is 0 Å². The van der Waals surface area contributed by atoms with Gasteiger partial charge in [0.2, 0.25) is 0 Å². The van der Waals surface area contributed by atoms with E-state index < -0.39 is 31.6 Å². The van der Waals surface area contributed by atoms with Crippen LogP contribution in [0.3, 0.4) is 0 Å². The van der Waals surface area contributed by atoms with E-state index in [-0.39, 0.29) is 22.2 Å². The average molecular weight is 334 g/mol. The third kappa shape index (κ3) is 4.82. The van der Waals surface area contributed by atoms with Crippen molar-refractivity contribution in [1.82, 2.24) is 0 Å². The van der Waals surface area contributed by atoms with Crippen molar-refractivity contribution < 1.29 is 26.4 Å². The summed E-state index contributed by atoms with van der Waals surface area (Å²) in [5.74, 6) is -1.75. The summed E-state index contributed by atoms with van der Waals surface area (Å²) in [5, 5.41) is 0. The molecule has 0 spiro atoms. The van der Waals surface area contributed by atoms with Crippen LogP contribution in [-0.2, 0) is 29.2 Å². The molecule has 0 fully saturated rings. The van der Waals surface area contributed by atoms with E-state index in [1.807, 2.05) is 0 Å². The highest BCUT2D eigenvalue weighted by molar-refractivity contribution is 7.91. The van der Waals surface area contributed by atoms with E-state index in [0.29, 0.717) is 0 Å². The average Bonchev–Trinajstić information content (AvgIpc) is 2.37. The maximum absolute atomic E-state index is 12.2. The third-order valence-electron chi connectivity index (χ3n) is 2.77. The minimum Gasteiger partial charge on any atom is -0.466 e. The minimum atomic E-state index is -3.68. The fraction of sp³-hybridized carbons (Fsp3) is 0.462. The lowest BCUT2D eigenvalue weighted by molar-refractivity contribution is -0.146. The van der Waals surface area contributed by atoms with E-state index in [1.165, 1.54) is 31.2 Å². The van der Waals surface area contributed by atoms with Gasteiger partial charge < -0.3 is 4.74 Å². The van der Waals surface area contributed by atoms with Crippen molar-refractivity contribution in [3.05, 3.63) is 24.3 Å². The Bertz CT molecular complexity index is 702. The topological polar surface area (TPSA) is 94.6 Å². The Balaban J connectivity index is 2.96. The van der Waals surface area contributed by atoms with Gasteiger partial charge in [-0.25, -0.2) is 16.8 Å². The van der Waals surface area contributed by atoms with Crippen LogP contribution < -0.4 is 0 Å². The second-order valence-electron chi connectivity index (χ2n) is 4.68. The standard InChI is InChI=1S/C13H18O6S2/c1-4-19-13(14)10(2)9-21(17,18)12-7-5-11(6-8-12)20(3,15)16/h5-8,10H,4,9H2,1-3H3. The van der Waals surface area contributed by atoms with Crippen molar-refractivity contribution >= 4 is 25.6 Å². The van der Waals surface area contributed by atoms with Crippen molar-refractivity contribution in [2.45, 2.75) is 23.6 Å². The van der Waals surface area contributed by atoms with Crippen LogP contribution in [0.25, 0.3) is 0 Å². The maximum Gasteiger partial charge on any atom is 0.309 e. The molecule has 0 bridgehead atoms. The van der Waals surface area contributed by atoms with E-state index in [0.717, 1.165) is 6.26 Å². The van der Waals surface area contributed by atoms with E-state index >= 15 is 0 Å². The van der Waals surface area contributed by atoms with Crippen LogP contribution in [0.1, 0.15) is 13.8 Å². The first-order valence-electron chi connectivity index (χ1n) is 6.27. The maximum atomic E-state index is 12.2. The minimum absolute atomic E-state index is 0.0222. The largest absolute Gasteiger partial charge is 0.466 e. The number of sulfone groups is 2. The van der Waals surface area contributed by atoms with Gasteiger partial charge in [-0.15, -0.1) is 0 Å². The van der Waals surface area contributed by atoms with E-state index in [9.17, 15) is 21.6 Å². The number of carbonyl (C=O) groups is 1. The van der Waals surface area contributed by atoms with Crippen LogP contribution in [-0.4, -0.2) is 41.4 Å². The molecular weight excluding hydrogens is 316 g/mol.